The fraction of sp³-hybridized carbons (Fsp3) is 0.368. The van der Waals surface area contributed by atoms with Crippen LogP contribution >= 0.6 is 0 Å². The number of rotatable bonds is 2. The van der Waals surface area contributed by atoms with Gasteiger partial charge in [0.2, 0.25) is 0 Å². The molecular weight excluding hydrogens is 285 g/mol. The summed E-state index contributed by atoms with van der Waals surface area (Å²) in [4.78, 5) is 0. The summed E-state index contributed by atoms with van der Waals surface area (Å²) in [7, 11) is 0. The lowest BCUT2D eigenvalue weighted by atomic mass is 9.79. The Kier molecular flexibility index (Phi) is 4.23. The highest BCUT2D eigenvalue weighted by Crippen LogP contribution is 2.36. The van der Waals surface area contributed by atoms with Gasteiger partial charge < -0.3 is 0 Å². The maximum absolute atomic E-state index is 13.8. The molecule has 0 unspecified atom stereocenters. The minimum atomic E-state index is -1.16. The van der Waals surface area contributed by atoms with Crippen molar-refractivity contribution in [1.82, 2.24) is 0 Å². The summed E-state index contributed by atoms with van der Waals surface area (Å²) in [6, 6.07) is 9.07. The standard InChI is InChI=1S/C19H19F3/c1-12-2-4-13(5-3-12)14-6-8-15(9-7-14)16-10-18(21)19(22)11-17(16)20/h6-13H,2-5H2,1H3. The van der Waals surface area contributed by atoms with Crippen LogP contribution in [-0.2, 0) is 0 Å². The molecule has 2 aromatic rings. The molecular formula is C19H19F3. The largest absolute Gasteiger partial charge is 0.206 e. The average molecular weight is 304 g/mol. The first-order valence-corrected chi connectivity index (χ1v) is 7.79. The zero-order valence-corrected chi connectivity index (χ0v) is 12.6. The maximum atomic E-state index is 13.8. The lowest BCUT2D eigenvalue weighted by Crippen LogP contribution is -2.10. The van der Waals surface area contributed by atoms with Crippen molar-refractivity contribution in [2.24, 2.45) is 5.92 Å². The molecule has 0 heterocycles. The Morgan fingerprint density at radius 3 is 2.00 bits per heavy atom. The number of halogens is 3. The summed E-state index contributed by atoms with van der Waals surface area (Å²) >= 11 is 0. The van der Waals surface area contributed by atoms with Crippen molar-refractivity contribution >= 4 is 0 Å². The molecule has 0 N–H and O–H groups in total. The Labute approximate surface area is 129 Å². The molecule has 0 aromatic heterocycles. The van der Waals surface area contributed by atoms with Crippen LogP contribution in [0.3, 0.4) is 0 Å². The van der Waals surface area contributed by atoms with Crippen LogP contribution in [0, 0.1) is 23.4 Å². The normalized spacial score (nSPS) is 21.8. The predicted octanol–water partition coefficient (Wildman–Crippen LogP) is 6.06. The van der Waals surface area contributed by atoms with Gasteiger partial charge in [0.25, 0.3) is 0 Å². The van der Waals surface area contributed by atoms with Gasteiger partial charge in [0.05, 0.1) is 0 Å². The molecule has 116 valence electrons. The van der Waals surface area contributed by atoms with E-state index < -0.39 is 17.5 Å². The van der Waals surface area contributed by atoms with Crippen LogP contribution < -0.4 is 0 Å². The molecule has 0 amide bonds. The van der Waals surface area contributed by atoms with Crippen LogP contribution in [0.25, 0.3) is 11.1 Å². The Balaban J connectivity index is 1.84. The zero-order chi connectivity index (χ0) is 15.7. The second-order valence-electron chi connectivity index (χ2n) is 6.32. The molecule has 0 atom stereocenters. The van der Waals surface area contributed by atoms with Gasteiger partial charge in [-0.25, -0.2) is 13.2 Å². The molecule has 0 bridgehead atoms. The lowest BCUT2D eigenvalue weighted by molar-refractivity contribution is 0.348. The summed E-state index contributed by atoms with van der Waals surface area (Å²) in [5.41, 5.74) is 1.92. The Morgan fingerprint density at radius 1 is 0.773 bits per heavy atom. The minimum absolute atomic E-state index is 0.0997. The molecule has 3 rings (SSSR count). The van der Waals surface area contributed by atoms with Gasteiger partial charge in [-0.2, -0.15) is 0 Å². The minimum Gasteiger partial charge on any atom is -0.206 e. The molecule has 1 aliphatic rings. The van der Waals surface area contributed by atoms with Crippen molar-refractivity contribution in [1.29, 1.82) is 0 Å². The second-order valence-corrected chi connectivity index (χ2v) is 6.32. The Morgan fingerprint density at radius 2 is 1.36 bits per heavy atom. The van der Waals surface area contributed by atoms with E-state index in [0.717, 1.165) is 12.0 Å². The van der Waals surface area contributed by atoms with E-state index in [-0.39, 0.29) is 5.56 Å². The lowest BCUT2D eigenvalue weighted by Gasteiger charge is -2.26. The van der Waals surface area contributed by atoms with Crippen molar-refractivity contribution in [2.45, 2.75) is 38.5 Å². The summed E-state index contributed by atoms with van der Waals surface area (Å²) in [6.45, 7) is 2.28. The highest BCUT2D eigenvalue weighted by atomic mass is 19.2. The molecule has 1 saturated carbocycles. The SMILES string of the molecule is CC1CCC(c2ccc(-c3cc(F)c(F)cc3F)cc2)CC1. The second kappa shape index (κ2) is 6.15. The van der Waals surface area contributed by atoms with Crippen LogP contribution in [0.4, 0.5) is 13.2 Å². The first kappa shape index (κ1) is 15.1. The first-order chi connectivity index (χ1) is 10.5. The third kappa shape index (κ3) is 3.03. The number of hydrogen-bond acceptors (Lipinski definition) is 0. The van der Waals surface area contributed by atoms with E-state index >= 15 is 0 Å². The Hall–Kier alpha value is -1.77. The van der Waals surface area contributed by atoms with Crippen molar-refractivity contribution in [3.8, 4) is 11.1 Å². The highest BCUT2D eigenvalue weighted by Gasteiger charge is 2.20. The fourth-order valence-electron chi connectivity index (χ4n) is 3.27. The van der Waals surface area contributed by atoms with Crippen LogP contribution in [0.2, 0.25) is 0 Å². The molecule has 0 radical (unpaired) electrons. The van der Waals surface area contributed by atoms with Gasteiger partial charge in [-0.15, -0.1) is 0 Å². The van der Waals surface area contributed by atoms with E-state index in [2.05, 4.69) is 6.92 Å². The van der Waals surface area contributed by atoms with E-state index in [9.17, 15) is 13.2 Å². The van der Waals surface area contributed by atoms with Crippen LogP contribution in [0.1, 0.15) is 44.1 Å². The van der Waals surface area contributed by atoms with E-state index in [1.807, 2.05) is 12.1 Å². The van der Waals surface area contributed by atoms with Crippen LogP contribution in [0.15, 0.2) is 36.4 Å². The van der Waals surface area contributed by atoms with E-state index in [1.54, 1.807) is 12.1 Å². The van der Waals surface area contributed by atoms with Crippen molar-refractivity contribution in [3.05, 3.63) is 59.4 Å². The molecule has 3 heteroatoms. The van der Waals surface area contributed by atoms with Crippen molar-refractivity contribution < 1.29 is 13.2 Å². The van der Waals surface area contributed by atoms with Gasteiger partial charge in [-0.3, -0.25) is 0 Å². The van der Waals surface area contributed by atoms with E-state index in [0.29, 0.717) is 17.5 Å². The molecule has 22 heavy (non-hydrogen) atoms. The molecule has 1 aliphatic carbocycles. The number of hydrogen-bond donors (Lipinski definition) is 0. The highest BCUT2D eigenvalue weighted by molar-refractivity contribution is 5.64. The molecule has 1 fully saturated rings. The monoisotopic (exact) mass is 304 g/mol. The molecule has 0 saturated heterocycles. The van der Waals surface area contributed by atoms with E-state index in [1.165, 1.54) is 31.2 Å². The third-order valence-corrected chi connectivity index (χ3v) is 4.72. The molecule has 0 spiro atoms. The van der Waals surface area contributed by atoms with Gasteiger partial charge >= 0.3 is 0 Å². The summed E-state index contributed by atoms with van der Waals surface area (Å²) in [5.74, 6) is -1.57. The Bertz CT molecular complexity index is 653. The van der Waals surface area contributed by atoms with Crippen molar-refractivity contribution in [2.75, 3.05) is 0 Å². The summed E-state index contributed by atoms with van der Waals surface area (Å²) in [5, 5.41) is 0. The molecule has 0 aliphatic heterocycles. The predicted molar refractivity (Wildman–Crippen MR) is 82.1 cm³/mol. The maximum Gasteiger partial charge on any atom is 0.161 e. The number of benzene rings is 2. The zero-order valence-electron chi connectivity index (χ0n) is 12.6. The molecule has 2 aromatic carbocycles. The van der Waals surface area contributed by atoms with Gasteiger partial charge in [-0.05, 0) is 41.9 Å². The topological polar surface area (TPSA) is 0 Å². The summed E-state index contributed by atoms with van der Waals surface area (Å²) in [6.07, 6.45) is 4.84. The average Bonchev–Trinajstić information content (AvgIpc) is 2.52. The quantitative estimate of drug-likeness (QED) is 0.591. The van der Waals surface area contributed by atoms with Gasteiger partial charge in [0.1, 0.15) is 5.82 Å². The smallest absolute Gasteiger partial charge is 0.161 e. The van der Waals surface area contributed by atoms with Gasteiger partial charge in [-0.1, -0.05) is 44.0 Å². The summed E-state index contributed by atoms with van der Waals surface area (Å²) < 4.78 is 40.1. The van der Waals surface area contributed by atoms with Crippen molar-refractivity contribution in [3.63, 3.8) is 0 Å². The van der Waals surface area contributed by atoms with Gasteiger partial charge in [0.15, 0.2) is 11.6 Å². The van der Waals surface area contributed by atoms with Crippen LogP contribution in [-0.4, -0.2) is 0 Å². The van der Waals surface area contributed by atoms with Crippen LogP contribution in [0.5, 0.6) is 0 Å². The third-order valence-electron chi connectivity index (χ3n) is 4.72. The first-order valence-electron chi connectivity index (χ1n) is 7.79. The van der Waals surface area contributed by atoms with Gasteiger partial charge in [0, 0.05) is 11.6 Å². The fourth-order valence-corrected chi connectivity index (χ4v) is 3.27. The van der Waals surface area contributed by atoms with E-state index in [4.69, 9.17) is 0 Å². The molecule has 0 nitrogen and oxygen atoms in total.